The zero-order chi connectivity index (χ0) is 19.4. The van der Waals surface area contributed by atoms with Crippen LogP contribution in [0.1, 0.15) is 71.1 Å². The van der Waals surface area contributed by atoms with E-state index >= 15 is 0 Å². The third kappa shape index (κ3) is 9.00. The van der Waals surface area contributed by atoms with Gasteiger partial charge in [-0.25, -0.2) is 8.42 Å². The number of anilines is 1. The Labute approximate surface area is 166 Å². The zero-order valence-electron chi connectivity index (χ0n) is 17.0. The van der Waals surface area contributed by atoms with Gasteiger partial charge in [0.2, 0.25) is 0 Å². The molecule has 27 heavy (non-hydrogen) atoms. The normalized spacial score (nSPS) is 16.4. The Kier molecular flexibility index (Phi) is 10.0. The summed E-state index contributed by atoms with van der Waals surface area (Å²) in [6.07, 6.45) is 13.3. The minimum absolute atomic E-state index is 0.254. The fourth-order valence-corrected chi connectivity index (χ4v) is 4.70. The first-order valence-corrected chi connectivity index (χ1v) is 12.6. The number of ether oxygens (including phenoxy) is 1. The van der Waals surface area contributed by atoms with E-state index in [0.29, 0.717) is 13.1 Å². The van der Waals surface area contributed by atoms with E-state index in [4.69, 9.17) is 4.74 Å². The number of unbranched alkanes of at least 4 members (excludes halogenated alkanes) is 9. The average Bonchev–Trinajstić information content (AvgIpc) is 2.67. The molecule has 1 fully saturated rings. The van der Waals surface area contributed by atoms with E-state index in [1.165, 1.54) is 57.8 Å². The topological polar surface area (TPSA) is 46.6 Å². The van der Waals surface area contributed by atoms with Crippen LogP contribution >= 0.6 is 0 Å². The molecule has 0 spiro atoms. The molecule has 1 aliphatic heterocycles. The Morgan fingerprint density at radius 3 is 1.89 bits per heavy atom. The molecule has 1 aliphatic rings. The summed E-state index contributed by atoms with van der Waals surface area (Å²) in [6, 6.07) is 8.06. The molecule has 0 bridgehead atoms. The van der Waals surface area contributed by atoms with Gasteiger partial charge in [0.05, 0.1) is 18.1 Å². The van der Waals surface area contributed by atoms with Crippen molar-refractivity contribution < 1.29 is 13.2 Å². The maximum absolute atomic E-state index is 11.5. The number of nitrogens with zero attached hydrogens (tertiary/aromatic N) is 1. The lowest BCUT2D eigenvalue weighted by molar-refractivity contribution is 0.304. The van der Waals surface area contributed by atoms with Gasteiger partial charge in [0.1, 0.15) is 5.75 Å². The van der Waals surface area contributed by atoms with Gasteiger partial charge in [0.25, 0.3) is 0 Å². The van der Waals surface area contributed by atoms with Crippen LogP contribution in [-0.2, 0) is 9.84 Å². The van der Waals surface area contributed by atoms with Crippen molar-refractivity contribution >= 4 is 15.5 Å². The molecule has 0 atom stereocenters. The summed E-state index contributed by atoms with van der Waals surface area (Å²) in [6.45, 7) is 4.21. The van der Waals surface area contributed by atoms with E-state index in [-0.39, 0.29) is 11.5 Å². The Bertz CT molecular complexity index is 599. The number of rotatable bonds is 13. The molecule has 0 radical (unpaired) electrons. The molecular weight excluding hydrogens is 358 g/mol. The second kappa shape index (κ2) is 12.3. The monoisotopic (exact) mass is 395 g/mol. The van der Waals surface area contributed by atoms with Crippen LogP contribution in [0.15, 0.2) is 24.3 Å². The van der Waals surface area contributed by atoms with Crippen molar-refractivity contribution in [2.75, 3.05) is 36.1 Å². The summed E-state index contributed by atoms with van der Waals surface area (Å²) in [4.78, 5) is 2.13. The van der Waals surface area contributed by atoms with Gasteiger partial charge >= 0.3 is 0 Å². The molecule has 0 N–H and O–H groups in total. The molecule has 0 aromatic heterocycles. The molecule has 0 amide bonds. The minimum Gasteiger partial charge on any atom is -0.494 e. The molecule has 154 valence electrons. The molecule has 1 saturated heterocycles. The van der Waals surface area contributed by atoms with Crippen molar-refractivity contribution in [3.8, 4) is 5.75 Å². The fourth-order valence-electron chi connectivity index (χ4n) is 3.50. The quantitative estimate of drug-likeness (QED) is 0.430. The Morgan fingerprint density at radius 1 is 0.815 bits per heavy atom. The first-order chi connectivity index (χ1) is 13.1. The van der Waals surface area contributed by atoms with Gasteiger partial charge in [-0.2, -0.15) is 0 Å². The molecule has 1 aromatic rings. The maximum atomic E-state index is 11.5. The summed E-state index contributed by atoms with van der Waals surface area (Å²) in [5, 5.41) is 0. The molecular formula is C22H37NO3S. The molecule has 0 aliphatic carbocycles. The third-order valence-electron chi connectivity index (χ3n) is 5.31. The van der Waals surface area contributed by atoms with Gasteiger partial charge in [0.15, 0.2) is 9.84 Å². The highest BCUT2D eigenvalue weighted by atomic mass is 32.2. The van der Waals surface area contributed by atoms with Gasteiger partial charge in [-0.3, -0.25) is 0 Å². The maximum Gasteiger partial charge on any atom is 0.153 e. The largest absolute Gasteiger partial charge is 0.494 e. The Balaban J connectivity index is 1.52. The fraction of sp³-hybridized carbons (Fsp3) is 0.727. The van der Waals surface area contributed by atoms with Crippen LogP contribution < -0.4 is 9.64 Å². The highest BCUT2D eigenvalue weighted by Crippen LogP contribution is 2.21. The Hall–Kier alpha value is -1.23. The summed E-state index contributed by atoms with van der Waals surface area (Å²) < 4.78 is 28.9. The first-order valence-electron chi connectivity index (χ1n) is 10.8. The van der Waals surface area contributed by atoms with Crippen molar-refractivity contribution in [2.24, 2.45) is 0 Å². The van der Waals surface area contributed by atoms with Gasteiger partial charge in [0, 0.05) is 18.8 Å². The highest BCUT2D eigenvalue weighted by Gasteiger charge is 2.21. The van der Waals surface area contributed by atoms with Gasteiger partial charge in [-0.05, 0) is 30.7 Å². The van der Waals surface area contributed by atoms with E-state index < -0.39 is 9.84 Å². The van der Waals surface area contributed by atoms with Crippen molar-refractivity contribution in [2.45, 2.75) is 71.1 Å². The average molecular weight is 396 g/mol. The van der Waals surface area contributed by atoms with Crippen LogP contribution in [0.3, 0.4) is 0 Å². The lowest BCUT2D eigenvalue weighted by Crippen LogP contribution is -2.40. The SMILES string of the molecule is CCCCCCCCCCCCOc1ccc(N2CCS(=O)(=O)CC2)cc1. The van der Waals surface area contributed by atoms with Crippen molar-refractivity contribution in [3.63, 3.8) is 0 Å². The van der Waals surface area contributed by atoms with Crippen molar-refractivity contribution in [1.29, 1.82) is 0 Å². The van der Waals surface area contributed by atoms with Crippen LogP contribution in [0.2, 0.25) is 0 Å². The van der Waals surface area contributed by atoms with Gasteiger partial charge in [-0.1, -0.05) is 64.7 Å². The highest BCUT2D eigenvalue weighted by molar-refractivity contribution is 7.91. The van der Waals surface area contributed by atoms with Crippen molar-refractivity contribution in [1.82, 2.24) is 0 Å². The van der Waals surface area contributed by atoms with E-state index in [0.717, 1.165) is 24.5 Å². The Morgan fingerprint density at radius 2 is 1.33 bits per heavy atom. The van der Waals surface area contributed by atoms with Crippen LogP contribution in [0, 0.1) is 0 Å². The minimum atomic E-state index is -2.83. The summed E-state index contributed by atoms with van der Waals surface area (Å²) in [7, 11) is -2.83. The predicted octanol–water partition coefficient (Wildman–Crippen LogP) is 5.22. The summed E-state index contributed by atoms with van der Waals surface area (Å²) >= 11 is 0. The number of hydrogen-bond donors (Lipinski definition) is 0. The van der Waals surface area contributed by atoms with Crippen LogP contribution in [0.4, 0.5) is 5.69 Å². The predicted molar refractivity (Wildman–Crippen MR) is 115 cm³/mol. The van der Waals surface area contributed by atoms with E-state index in [9.17, 15) is 8.42 Å². The second-order valence-electron chi connectivity index (χ2n) is 7.66. The van der Waals surface area contributed by atoms with Crippen LogP contribution in [-0.4, -0.2) is 39.6 Å². The van der Waals surface area contributed by atoms with Crippen molar-refractivity contribution in [3.05, 3.63) is 24.3 Å². The molecule has 2 rings (SSSR count). The second-order valence-corrected chi connectivity index (χ2v) is 9.97. The van der Waals surface area contributed by atoms with E-state index in [2.05, 4.69) is 11.8 Å². The molecule has 0 saturated carbocycles. The van der Waals surface area contributed by atoms with E-state index in [1.807, 2.05) is 24.3 Å². The molecule has 5 heteroatoms. The third-order valence-corrected chi connectivity index (χ3v) is 6.92. The van der Waals surface area contributed by atoms with E-state index in [1.54, 1.807) is 0 Å². The van der Waals surface area contributed by atoms with Gasteiger partial charge < -0.3 is 9.64 Å². The van der Waals surface area contributed by atoms with Crippen LogP contribution in [0.5, 0.6) is 5.75 Å². The van der Waals surface area contributed by atoms with Crippen LogP contribution in [0.25, 0.3) is 0 Å². The number of hydrogen-bond acceptors (Lipinski definition) is 4. The number of sulfone groups is 1. The molecule has 1 heterocycles. The summed E-state index contributed by atoms with van der Waals surface area (Å²) in [5.74, 6) is 1.41. The zero-order valence-corrected chi connectivity index (χ0v) is 17.8. The molecule has 4 nitrogen and oxygen atoms in total. The lowest BCUT2D eigenvalue weighted by Gasteiger charge is -2.28. The standard InChI is InChI=1S/C22H37NO3S/c1-2-3-4-5-6-7-8-9-10-11-18-26-22-14-12-21(13-15-22)23-16-19-27(24,25)20-17-23/h12-15H,2-11,16-20H2,1H3. The number of benzene rings is 1. The molecule has 0 unspecified atom stereocenters. The first kappa shape index (κ1) is 22.1. The lowest BCUT2D eigenvalue weighted by atomic mass is 10.1. The van der Waals surface area contributed by atoms with Gasteiger partial charge in [-0.15, -0.1) is 0 Å². The molecule has 1 aromatic carbocycles. The smallest absolute Gasteiger partial charge is 0.153 e. The summed E-state index contributed by atoms with van der Waals surface area (Å²) in [5.41, 5.74) is 1.08.